The van der Waals surface area contributed by atoms with Crippen LogP contribution in [0.1, 0.15) is 0 Å². The van der Waals surface area contributed by atoms with Crippen molar-refractivity contribution in [1.29, 1.82) is 0 Å². The van der Waals surface area contributed by atoms with Crippen LogP contribution in [0.15, 0.2) is 261 Å². The van der Waals surface area contributed by atoms with Crippen molar-refractivity contribution in [3.05, 3.63) is 261 Å². The lowest BCUT2D eigenvalue weighted by atomic mass is 10.0. The van der Waals surface area contributed by atoms with Crippen molar-refractivity contribution in [2.45, 2.75) is 0 Å². The molecule has 15 rings (SSSR count). The van der Waals surface area contributed by atoms with Crippen LogP contribution in [0.4, 0.5) is 51.2 Å². The lowest BCUT2D eigenvalue weighted by Crippen LogP contribution is -2.14. The van der Waals surface area contributed by atoms with E-state index in [4.69, 9.17) is 0 Å². The Morgan fingerprint density at radius 2 is 0.608 bits per heavy atom. The lowest BCUT2D eigenvalue weighted by Gasteiger charge is -2.31. The zero-order valence-electron chi connectivity index (χ0n) is 39.9. The third-order valence-electron chi connectivity index (χ3n) is 14.6. The molecule has 0 radical (unpaired) electrons. The van der Waals surface area contributed by atoms with Crippen LogP contribution < -0.4 is 14.7 Å². The molecule has 12 aromatic carbocycles. The lowest BCUT2D eigenvalue weighted by molar-refractivity contribution is 1.28. The Kier molecular flexibility index (Phi) is 10.1. The van der Waals surface area contributed by atoms with Gasteiger partial charge in [-0.2, -0.15) is 0 Å². The fourth-order valence-electron chi connectivity index (χ4n) is 11.3. The Morgan fingerprint density at radius 1 is 0.203 bits per heavy atom. The van der Waals surface area contributed by atoms with Crippen molar-refractivity contribution in [3.8, 4) is 0 Å². The van der Waals surface area contributed by atoms with Crippen molar-refractivity contribution in [2.24, 2.45) is 0 Å². The van der Waals surface area contributed by atoms with Crippen molar-refractivity contribution in [2.75, 3.05) is 14.7 Å². The van der Waals surface area contributed by atoms with Crippen LogP contribution in [0.5, 0.6) is 0 Å². The Bertz CT molecular complexity index is 4640. The summed E-state index contributed by atoms with van der Waals surface area (Å²) in [5.41, 5.74) is 10.0. The molecule has 0 N–H and O–H groups in total. The number of para-hydroxylation sites is 2. The first kappa shape index (κ1) is 42.9. The number of thiophene rings is 3. The standard InChI is InChI=1S/C68H43N3S3/c1-3-22-46(23-4-1)69(59-31-15-20-44-18-7-9-26-51(44)59)50-42-58-57-41-49(37-39-66(57)74-68(58)62(43-50)71(47-24-5-2-6-25-47)60-32-16-21-45-19-8-10-27-52(45)60)70(48-36-38-65-56(40-48)54-29-12-13-34-63(54)72-65)61-33-17-30-55-53-28-11-14-35-64(53)73-67(55)61/h1-43H. The smallest absolute Gasteiger partial charge is 0.0661 e. The van der Waals surface area contributed by atoms with Gasteiger partial charge >= 0.3 is 0 Å². The van der Waals surface area contributed by atoms with E-state index in [9.17, 15) is 0 Å². The molecule has 15 aromatic rings. The molecule has 0 saturated carbocycles. The number of nitrogens with zero attached hydrogens (tertiary/aromatic N) is 3. The number of hydrogen-bond donors (Lipinski definition) is 0. The Labute approximate surface area is 439 Å². The summed E-state index contributed by atoms with van der Waals surface area (Å²) in [4.78, 5) is 7.46. The molecule has 0 saturated heterocycles. The maximum Gasteiger partial charge on any atom is 0.0661 e. The topological polar surface area (TPSA) is 9.72 Å². The highest BCUT2D eigenvalue weighted by atomic mass is 32.1. The molecule has 348 valence electrons. The highest BCUT2D eigenvalue weighted by Gasteiger charge is 2.26. The van der Waals surface area contributed by atoms with Gasteiger partial charge in [-0.25, -0.2) is 0 Å². The summed E-state index contributed by atoms with van der Waals surface area (Å²) in [5, 5.41) is 12.3. The van der Waals surface area contributed by atoms with Crippen LogP contribution in [0.25, 0.3) is 82.1 Å². The Hall–Kier alpha value is -8.78. The largest absolute Gasteiger partial charge is 0.310 e. The van der Waals surface area contributed by atoms with Gasteiger partial charge in [0.05, 0.1) is 32.1 Å². The average Bonchev–Trinajstić information content (AvgIpc) is 4.16. The average molecular weight is 998 g/mol. The van der Waals surface area contributed by atoms with Crippen LogP contribution in [0.3, 0.4) is 0 Å². The van der Waals surface area contributed by atoms with Gasteiger partial charge < -0.3 is 14.7 Å². The summed E-state index contributed by atoms with van der Waals surface area (Å²) in [6, 6.07) is 96.2. The minimum atomic E-state index is 1.07. The summed E-state index contributed by atoms with van der Waals surface area (Å²) >= 11 is 5.61. The fourth-order valence-corrected chi connectivity index (χ4v) is 14.7. The highest BCUT2D eigenvalue weighted by molar-refractivity contribution is 7.27. The first-order chi connectivity index (χ1) is 36.7. The van der Waals surface area contributed by atoms with Gasteiger partial charge in [-0.05, 0) is 114 Å². The van der Waals surface area contributed by atoms with Crippen LogP contribution in [-0.4, -0.2) is 0 Å². The molecule has 3 aromatic heterocycles. The number of benzene rings is 12. The predicted octanol–water partition coefficient (Wildman–Crippen LogP) is 21.5. The zero-order chi connectivity index (χ0) is 48.7. The third kappa shape index (κ3) is 6.98. The molecule has 0 atom stereocenters. The number of fused-ring (bicyclic) bond motifs is 11. The molecule has 6 heteroatoms. The molecule has 0 fully saturated rings. The molecule has 74 heavy (non-hydrogen) atoms. The first-order valence-corrected chi connectivity index (χ1v) is 27.4. The van der Waals surface area contributed by atoms with Crippen LogP contribution >= 0.6 is 34.0 Å². The van der Waals surface area contributed by atoms with E-state index in [-0.39, 0.29) is 0 Å². The number of anilines is 9. The van der Waals surface area contributed by atoms with Gasteiger partial charge in [-0.3, -0.25) is 0 Å². The molecule has 0 bridgehead atoms. The fraction of sp³-hybridized carbons (Fsp3) is 0. The van der Waals surface area contributed by atoms with Crippen LogP contribution in [-0.2, 0) is 0 Å². The molecule has 0 aliphatic rings. The SMILES string of the molecule is c1ccc(N(c2cc(N(c3ccccc3)c3cccc4ccccc34)c3sc4ccc(N(c5ccc6sc7ccccc7c6c5)c5cccc6c5sc5ccccc56)cc4c3c2)c2cccc3ccccc23)cc1. The summed E-state index contributed by atoms with van der Waals surface area (Å²) in [6.07, 6.45) is 0. The summed E-state index contributed by atoms with van der Waals surface area (Å²) in [5.74, 6) is 0. The van der Waals surface area contributed by atoms with Gasteiger partial charge in [-0.1, -0.05) is 158 Å². The summed E-state index contributed by atoms with van der Waals surface area (Å²) < 4.78 is 7.59. The van der Waals surface area contributed by atoms with Crippen molar-refractivity contribution < 1.29 is 0 Å². The molecule has 0 unspecified atom stereocenters. The van der Waals surface area contributed by atoms with Gasteiger partial charge in [0.2, 0.25) is 0 Å². The molecule has 0 spiro atoms. The normalized spacial score (nSPS) is 11.8. The van der Waals surface area contributed by atoms with Crippen molar-refractivity contribution >= 4 is 167 Å². The maximum atomic E-state index is 2.51. The molecule has 0 aliphatic heterocycles. The molecule has 0 amide bonds. The predicted molar refractivity (Wildman–Crippen MR) is 324 cm³/mol. The molecular weight excluding hydrogens is 955 g/mol. The van der Waals surface area contributed by atoms with E-state index in [0.717, 1.165) is 45.5 Å². The minimum Gasteiger partial charge on any atom is -0.310 e. The van der Waals surface area contributed by atoms with E-state index in [1.165, 1.54) is 87.7 Å². The molecular formula is C68H43N3S3. The van der Waals surface area contributed by atoms with Gasteiger partial charge in [0.25, 0.3) is 0 Å². The van der Waals surface area contributed by atoms with E-state index in [1.54, 1.807) is 0 Å². The summed E-state index contributed by atoms with van der Waals surface area (Å²) in [6.45, 7) is 0. The van der Waals surface area contributed by atoms with Crippen molar-refractivity contribution in [1.82, 2.24) is 0 Å². The van der Waals surface area contributed by atoms with Crippen LogP contribution in [0.2, 0.25) is 0 Å². The van der Waals surface area contributed by atoms with E-state index < -0.39 is 0 Å². The Balaban J connectivity index is 1.04. The number of hydrogen-bond acceptors (Lipinski definition) is 6. The van der Waals surface area contributed by atoms with E-state index in [0.29, 0.717) is 0 Å². The summed E-state index contributed by atoms with van der Waals surface area (Å²) in [7, 11) is 0. The van der Waals surface area contributed by atoms with E-state index in [2.05, 4.69) is 276 Å². The Morgan fingerprint density at radius 3 is 1.26 bits per heavy atom. The number of rotatable bonds is 9. The van der Waals surface area contributed by atoms with Gasteiger partial charge in [0, 0.05) is 90.3 Å². The third-order valence-corrected chi connectivity index (χ3v) is 18.1. The maximum absolute atomic E-state index is 2.51. The van der Waals surface area contributed by atoms with E-state index >= 15 is 0 Å². The van der Waals surface area contributed by atoms with Gasteiger partial charge in [0.15, 0.2) is 0 Å². The second-order valence-corrected chi connectivity index (χ2v) is 22.0. The van der Waals surface area contributed by atoms with Crippen LogP contribution in [0, 0.1) is 0 Å². The second kappa shape index (κ2) is 17.5. The van der Waals surface area contributed by atoms with Gasteiger partial charge in [0.1, 0.15) is 0 Å². The molecule has 3 nitrogen and oxygen atoms in total. The highest BCUT2D eigenvalue weighted by Crippen LogP contribution is 2.53. The van der Waals surface area contributed by atoms with Crippen molar-refractivity contribution in [3.63, 3.8) is 0 Å². The monoisotopic (exact) mass is 997 g/mol. The zero-order valence-corrected chi connectivity index (χ0v) is 42.3. The second-order valence-electron chi connectivity index (χ2n) is 18.8. The molecule has 0 aliphatic carbocycles. The molecule has 3 heterocycles. The quantitative estimate of drug-likeness (QED) is 0.143. The van der Waals surface area contributed by atoms with E-state index in [1.807, 2.05) is 34.0 Å². The minimum absolute atomic E-state index is 1.07. The van der Waals surface area contributed by atoms with Gasteiger partial charge in [-0.15, -0.1) is 34.0 Å². The first-order valence-electron chi connectivity index (χ1n) is 25.0.